The summed E-state index contributed by atoms with van der Waals surface area (Å²) in [7, 11) is 3.80. The summed E-state index contributed by atoms with van der Waals surface area (Å²) in [5.74, 6) is 0. The third kappa shape index (κ3) is 3.76. The van der Waals surface area contributed by atoms with Crippen LogP contribution in [-0.2, 0) is 4.79 Å². The Morgan fingerprint density at radius 2 is 2.11 bits per heavy atom. The Hall–Kier alpha value is -0.790. The summed E-state index contributed by atoms with van der Waals surface area (Å²) in [4.78, 5) is 12.0. The maximum Gasteiger partial charge on any atom is 0.147 e. The van der Waals surface area contributed by atoms with Gasteiger partial charge in [0.05, 0.1) is 0 Å². The Bertz CT molecular complexity index is 116. The lowest BCUT2D eigenvalue weighted by Gasteiger charge is -2.04. The molecule has 0 aromatic carbocycles. The van der Waals surface area contributed by atoms with Gasteiger partial charge in [-0.15, -0.1) is 0 Å². The predicted octanol–water partition coefficient (Wildman–Crippen LogP) is 1.04. The second-order valence-corrected chi connectivity index (χ2v) is 2.14. The van der Waals surface area contributed by atoms with Crippen molar-refractivity contribution in [1.29, 1.82) is 0 Å². The van der Waals surface area contributed by atoms with E-state index in [1.165, 1.54) is 0 Å². The van der Waals surface area contributed by atoms with Gasteiger partial charge in [0.15, 0.2) is 0 Å². The molecule has 0 unspecified atom stereocenters. The first-order valence-electron chi connectivity index (χ1n) is 3.03. The molecule has 0 saturated heterocycles. The highest BCUT2D eigenvalue weighted by atomic mass is 16.1. The normalized spacial score (nSPS) is 11.2. The Balaban J connectivity index is 3.90. The Morgan fingerprint density at radius 1 is 1.56 bits per heavy atom. The number of hydrogen-bond donors (Lipinski definition) is 0. The minimum Gasteiger partial charge on any atom is -0.383 e. The molecule has 0 aliphatic heterocycles. The van der Waals surface area contributed by atoms with E-state index in [0.717, 1.165) is 18.3 Å². The monoisotopic (exact) mass is 127 g/mol. The van der Waals surface area contributed by atoms with E-state index in [1.807, 2.05) is 32.1 Å². The number of allylic oxidation sites excluding steroid dienone is 1. The minimum atomic E-state index is 0.807. The van der Waals surface area contributed by atoms with E-state index in [2.05, 4.69) is 0 Å². The molecule has 0 aliphatic rings. The molecule has 0 amide bonds. The van der Waals surface area contributed by atoms with E-state index in [4.69, 9.17) is 0 Å². The molecule has 0 saturated carbocycles. The molecule has 0 heterocycles. The van der Waals surface area contributed by atoms with Crippen molar-refractivity contribution in [3.63, 3.8) is 0 Å². The number of carbonyl (C=O) groups excluding carboxylic acids is 1. The summed E-state index contributed by atoms with van der Waals surface area (Å²) < 4.78 is 0. The van der Waals surface area contributed by atoms with Gasteiger partial charge < -0.3 is 4.90 Å². The van der Waals surface area contributed by atoms with E-state index in [0.29, 0.717) is 0 Å². The Kier molecular flexibility index (Phi) is 3.76. The van der Waals surface area contributed by atoms with E-state index >= 15 is 0 Å². The standard InChI is InChI=1S/C7H13NO/c1-4-7(6-9)5-8(2)3/h5-6H,4H2,1-3H3/b7-5+. The van der Waals surface area contributed by atoms with E-state index < -0.39 is 0 Å². The third-order valence-corrected chi connectivity index (χ3v) is 0.984. The molecule has 2 heteroatoms. The first-order chi connectivity index (χ1) is 4.20. The molecule has 0 aromatic heterocycles. The van der Waals surface area contributed by atoms with Crippen LogP contribution < -0.4 is 0 Å². The molecule has 52 valence electrons. The zero-order valence-electron chi connectivity index (χ0n) is 6.22. The molecule has 0 rings (SSSR count). The summed E-state index contributed by atoms with van der Waals surface area (Å²) in [5, 5.41) is 0. The van der Waals surface area contributed by atoms with Gasteiger partial charge in [0.1, 0.15) is 6.29 Å². The summed E-state index contributed by atoms with van der Waals surface area (Å²) in [6.07, 6.45) is 3.52. The summed E-state index contributed by atoms with van der Waals surface area (Å²) >= 11 is 0. The van der Waals surface area contributed by atoms with Crippen LogP contribution in [0.5, 0.6) is 0 Å². The Morgan fingerprint density at radius 3 is 2.22 bits per heavy atom. The van der Waals surface area contributed by atoms with Crippen molar-refractivity contribution < 1.29 is 4.79 Å². The summed E-state index contributed by atoms with van der Waals surface area (Å²) in [5.41, 5.74) is 0.833. The zero-order valence-corrected chi connectivity index (χ0v) is 6.22. The zero-order chi connectivity index (χ0) is 7.28. The molecule has 9 heavy (non-hydrogen) atoms. The molecule has 0 aromatic rings. The Labute approximate surface area is 56.2 Å². The number of nitrogens with zero attached hydrogens (tertiary/aromatic N) is 1. The van der Waals surface area contributed by atoms with Crippen molar-refractivity contribution in [3.05, 3.63) is 11.8 Å². The van der Waals surface area contributed by atoms with Gasteiger partial charge in [0.25, 0.3) is 0 Å². The van der Waals surface area contributed by atoms with Gasteiger partial charge >= 0.3 is 0 Å². The minimum absolute atomic E-state index is 0.807. The van der Waals surface area contributed by atoms with E-state index in [1.54, 1.807) is 0 Å². The van der Waals surface area contributed by atoms with Gasteiger partial charge in [-0.1, -0.05) is 6.92 Å². The maximum atomic E-state index is 10.2. The molecular formula is C7H13NO. The number of hydrogen-bond acceptors (Lipinski definition) is 2. The second kappa shape index (κ2) is 4.13. The summed E-state index contributed by atoms with van der Waals surface area (Å²) in [6, 6.07) is 0. The van der Waals surface area contributed by atoms with Gasteiger partial charge in [-0.3, -0.25) is 4.79 Å². The topological polar surface area (TPSA) is 20.3 Å². The van der Waals surface area contributed by atoms with Crippen LogP contribution >= 0.6 is 0 Å². The SMILES string of the molecule is CC/C(C=O)=C\N(C)C. The van der Waals surface area contributed by atoms with Gasteiger partial charge in [0, 0.05) is 25.9 Å². The van der Waals surface area contributed by atoms with Crippen molar-refractivity contribution in [2.75, 3.05) is 14.1 Å². The molecular weight excluding hydrogens is 114 g/mol. The lowest BCUT2D eigenvalue weighted by Crippen LogP contribution is -2.03. The highest BCUT2D eigenvalue weighted by Gasteiger charge is 1.88. The van der Waals surface area contributed by atoms with Crippen LogP contribution in [0.3, 0.4) is 0 Å². The largest absolute Gasteiger partial charge is 0.383 e. The molecule has 0 N–H and O–H groups in total. The van der Waals surface area contributed by atoms with Crippen LogP contribution in [0.25, 0.3) is 0 Å². The maximum absolute atomic E-state index is 10.2. The van der Waals surface area contributed by atoms with Crippen molar-refractivity contribution in [2.24, 2.45) is 0 Å². The molecule has 0 bridgehead atoms. The van der Waals surface area contributed by atoms with E-state index in [-0.39, 0.29) is 0 Å². The first kappa shape index (κ1) is 8.21. The third-order valence-electron chi connectivity index (χ3n) is 0.984. The fourth-order valence-electron chi connectivity index (χ4n) is 0.537. The fourth-order valence-corrected chi connectivity index (χ4v) is 0.537. The molecule has 0 aliphatic carbocycles. The van der Waals surface area contributed by atoms with Crippen LogP contribution in [-0.4, -0.2) is 25.3 Å². The van der Waals surface area contributed by atoms with Gasteiger partial charge in [-0.25, -0.2) is 0 Å². The lowest BCUT2D eigenvalue weighted by molar-refractivity contribution is -0.105. The van der Waals surface area contributed by atoms with Gasteiger partial charge in [-0.05, 0) is 6.42 Å². The number of rotatable bonds is 3. The second-order valence-electron chi connectivity index (χ2n) is 2.14. The summed E-state index contributed by atoms with van der Waals surface area (Å²) in [6.45, 7) is 1.96. The fraction of sp³-hybridized carbons (Fsp3) is 0.571. The van der Waals surface area contributed by atoms with Crippen LogP contribution in [0.15, 0.2) is 11.8 Å². The quantitative estimate of drug-likeness (QED) is 0.417. The van der Waals surface area contributed by atoms with Crippen LogP contribution in [0.2, 0.25) is 0 Å². The lowest BCUT2D eigenvalue weighted by atomic mass is 10.2. The molecule has 0 atom stereocenters. The van der Waals surface area contributed by atoms with Gasteiger partial charge in [0.2, 0.25) is 0 Å². The average molecular weight is 127 g/mol. The van der Waals surface area contributed by atoms with E-state index in [9.17, 15) is 4.79 Å². The van der Waals surface area contributed by atoms with Gasteiger partial charge in [-0.2, -0.15) is 0 Å². The number of aldehydes is 1. The highest BCUT2D eigenvalue weighted by Crippen LogP contribution is 1.95. The smallest absolute Gasteiger partial charge is 0.147 e. The molecule has 0 radical (unpaired) electrons. The van der Waals surface area contributed by atoms with Crippen molar-refractivity contribution >= 4 is 6.29 Å². The molecule has 2 nitrogen and oxygen atoms in total. The predicted molar refractivity (Wildman–Crippen MR) is 38.1 cm³/mol. The van der Waals surface area contributed by atoms with Crippen molar-refractivity contribution in [2.45, 2.75) is 13.3 Å². The number of carbonyl (C=O) groups is 1. The highest BCUT2D eigenvalue weighted by molar-refractivity contribution is 5.72. The van der Waals surface area contributed by atoms with Crippen molar-refractivity contribution in [1.82, 2.24) is 4.90 Å². The molecule has 0 fully saturated rings. The average Bonchev–Trinajstić information content (AvgIpc) is 1.82. The van der Waals surface area contributed by atoms with Crippen molar-refractivity contribution in [3.8, 4) is 0 Å². The molecule has 0 spiro atoms. The van der Waals surface area contributed by atoms with Crippen LogP contribution in [0.4, 0.5) is 0 Å². The van der Waals surface area contributed by atoms with Crippen LogP contribution in [0.1, 0.15) is 13.3 Å². The van der Waals surface area contributed by atoms with Crippen LogP contribution in [0, 0.1) is 0 Å². The first-order valence-corrected chi connectivity index (χ1v) is 3.03.